The Labute approximate surface area is 148 Å². The lowest BCUT2D eigenvalue weighted by molar-refractivity contribution is 0.391. The molecule has 0 aliphatic carbocycles. The van der Waals surface area contributed by atoms with Gasteiger partial charge in [-0.2, -0.15) is 0 Å². The van der Waals surface area contributed by atoms with Crippen LogP contribution in [0.5, 0.6) is 11.5 Å². The van der Waals surface area contributed by atoms with Gasteiger partial charge in [0.15, 0.2) is 0 Å². The van der Waals surface area contributed by atoms with Gasteiger partial charge in [0, 0.05) is 34.2 Å². The van der Waals surface area contributed by atoms with E-state index in [1.165, 1.54) is 0 Å². The Bertz CT molecular complexity index is 772. The van der Waals surface area contributed by atoms with Gasteiger partial charge >= 0.3 is 0 Å². The maximum absolute atomic E-state index is 7.78. The van der Waals surface area contributed by atoms with Crippen molar-refractivity contribution in [2.75, 3.05) is 20.0 Å². The predicted molar refractivity (Wildman–Crippen MR) is 101 cm³/mol. The molecule has 2 aromatic rings. The van der Waals surface area contributed by atoms with E-state index in [4.69, 9.17) is 32.2 Å². The number of nitrogens with one attached hydrogen (secondary N) is 1. The number of nitrogen functional groups attached to an aromatic ring is 1. The third-order valence-corrected chi connectivity index (χ3v) is 4.36. The third kappa shape index (κ3) is 3.34. The summed E-state index contributed by atoms with van der Waals surface area (Å²) in [5, 5.41) is 8.33. The number of hydrogen-bond acceptors (Lipinski definition) is 4. The number of anilines is 1. The first-order chi connectivity index (χ1) is 11.4. The van der Waals surface area contributed by atoms with E-state index in [-0.39, 0.29) is 0 Å². The van der Waals surface area contributed by atoms with Crippen LogP contribution < -0.4 is 15.2 Å². The molecular formula is C19H23ClN2O2. The first-order valence-electron chi connectivity index (χ1n) is 7.83. The number of rotatable bonds is 6. The summed E-state index contributed by atoms with van der Waals surface area (Å²) in [5.41, 5.74) is 10.6. The van der Waals surface area contributed by atoms with Gasteiger partial charge in [0.25, 0.3) is 0 Å². The van der Waals surface area contributed by atoms with Crippen LogP contribution in [-0.4, -0.2) is 19.9 Å². The van der Waals surface area contributed by atoms with Crippen LogP contribution in [0.15, 0.2) is 24.3 Å². The van der Waals surface area contributed by atoms with Gasteiger partial charge in [-0.15, -0.1) is 0 Å². The van der Waals surface area contributed by atoms with E-state index in [0.29, 0.717) is 22.2 Å². The molecule has 2 aromatic carbocycles. The van der Waals surface area contributed by atoms with Crippen LogP contribution in [0, 0.1) is 5.41 Å². The second-order valence-electron chi connectivity index (χ2n) is 5.63. The molecule has 2 rings (SSSR count). The van der Waals surface area contributed by atoms with Gasteiger partial charge in [-0.05, 0) is 25.0 Å². The van der Waals surface area contributed by atoms with E-state index in [1.807, 2.05) is 24.3 Å². The van der Waals surface area contributed by atoms with Gasteiger partial charge in [0.1, 0.15) is 11.5 Å². The summed E-state index contributed by atoms with van der Waals surface area (Å²) in [6.45, 7) is 3.83. The summed E-state index contributed by atoms with van der Waals surface area (Å²) in [6, 6.07) is 7.46. The molecule has 24 heavy (non-hydrogen) atoms. The van der Waals surface area contributed by atoms with E-state index in [1.54, 1.807) is 21.1 Å². The summed E-state index contributed by atoms with van der Waals surface area (Å²) in [6.07, 6.45) is 1.78. The quantitative estimate of drug-likeness (QED) is 0.574. The minimum atomic E-state index is 0.433. The summed E-state index contributed by atoms with van der Waals surface area (Å²) >= 11 is 6.60. The molecule has 0 amide bonds. The average molecular weight is 347 g/mol. The molecule has 3 N–H and O–H groups in total. The minimum absolute atomic E-state index is 0.433. The van der Waals surface area contributed by atoms with E-state index >= 15 is 0 Å². The molecule has 0 aromatic heterocycles. The molecule has 5 heteroatoms. The first-order valence-corrected chi connectivity index (χ1v) is 8.21. The third-order valence-electron chi connectivity index (χ3n) is 3.98. The molecule has 0 heterocycles. The van der Waals surface area contributed by atoms with Crippen LogP contribution >= 0.6 is 11.6 Å². The van der Waals surface area contributed by atoms with Crippen LogP contribution in [0.4, 0.5) is 5.69 Å². The Morgan fingerprint density at radius 3 is 2.33 bits per heavy atom. The molecule has 0 aliphatic rings. The molecule has 4 nitrogen and oxygen atoms in total. The molecule has 0 fully saturated rings. The molecule has 0 unspecified atom stereocenters. The number of halogens is 1. The van der Waals surface area contributed by atoms with Gasteiger partial charge in [-0.3, -0.25) is 0 Å². The van der Waals surface area contributed by atoms with Crippen LogP contribution in [0.3, 0.4) is 0 Å². The average Bonchev–Trinajstić information content (AvgIpc) is 2.55. The van der Waals surface area contributed by atoms with E-state index in [9.17, 15) is 0 Å². The molecule has 0 saturated carbocycles. The second-order valence-corrected chi connectivity index (χ2v) is 6.00. The Kier molecular flexibility index (Phi) is 5.73. The number of methoxy groups -OCH3 is 2. The summed E-state index contributed by atoms with van der Waals surface area (Å²) in [4.78, 5) is 0. The lowest BCUT2D eigenvalue weighted by atomic mass is 9.93. The van der Waals surface area contributed by atoms with Crippen molar-refractivity contribution in [1.82, 2.24) is 0 Å². The van der Waals surface area contributed by atoms with Gasteiger partial charge in [-0.1, -0.05) is 37.1 Å². The molecule has 0 spiro atoms. The monoisotopic (exact) mass is 346 g/mol. The molecule has 0 atom stereocenters. The maximum Gasteiger partial charge on any atom is 0.141 e. The second kappa shape index (κ2) is 7.58. The normalized spacial score (nSPS) is 10.5. The van der Waals surface area contributed by atoms with Crippen LogP contribution in [0.25, 0.3) is 11.1 Å². The van der Waals surface area contributed by atoms with E-state index < -0.39 is 0 Å². The summed E-state index contributed by atoms with van der Waals surface area (Å²) in [7, 11) is 3.22. The van der Waals surface area contributed by atoms with E-state index in [0.717, 1.165) is 40.8 Å². The maximum atomic E-state index is 7.78. The molecule has 0 saturated heterocycles. The van der Waals surface area contributed by atoms with Crippen LogP contribution in [-0.2, 0) is 6.42 Å². The lowest BCUT2D eigenvalue weighted by Crippen LogP contribution is -2.02. The highest BCUT2D eigenvalue weighted by molar-refractivity contribution is 6.35. The molecule has 0 radical (unpaired) electrons. The zero-order chi connectivity index (χ0) is 17.9. The molecular weight excluding hydrogens is 324 g/mol. The van der Waals surface area contributed by atoms with Crippen LogP contribution in [0.2, 0.25) is 5.02 Å². The Morgan fingerprint density at radius 2 is 1.83 bits per heavy atom. The van der Waals surface area contributed by atoms with Gasteiger partial charge in [0.2, 0.25) is 0 Å². The zero-order valence-electron chi connectivity index (χ0n) is 14.5. The molecule has 0 bridgehead atoms. The van der Waals surface area contributed by atoms with Crippen molar-refractivity contribution in [2.45, 2.75) is 26.7 Å². The van der Waals surface area contributed by atoms with Crippen molar-refractivity contribution in [3.05, 3.63) is 40.4 Å². The highest BCUT2D eigenvalue weighted by Crippen LogP contribution is 2.44. The van der Waals surface area contributed by atoms with Crippen molar-refractivity contribution in [2.24, 2.45) is 0 Å². The van der Waals surface area contributed by atoms with E-state index in [2.05, 4.69) is 6.92 Å². The predicted octanol–water partition coefficient (Wildman–Crippen LogP) is 4.95. The highest BCUT2D eigenvalue weighted by Gasteiger charge is 2.20. The van der Waals surface area contributed by atoms with Crippen molar-refractivity contribution in [3.63, 3.8) is 0 Å². The smallest absolute Gasteiger partial charge is 0.141 e. The summed E-state index contributed by atoms with van der Waals surface area (Å²) < 4.78 is 10.9. The number of hydrogen-bond donors (Lipinski definition) is 2. The fraction of sp³-hybridized carbons (Fsp3) is 0.316. The van der Waals surface area contributed by atoms with Gasteiger partial charge < -0.3 is 20.6 Å². The standard InChI is InChI=1S/C19H23ClN2O2/c1-5-6-14-16(23-3)10-17(24-4)19(20)18(14)12-7-8-13(11(2)21)15(22)9-12/h7-10,21H,5-6,22H2,1-4H3. The largest absolute Gasteiger partial charge is 0.496 e. The zero-order valence-corrected chi connectivity index (χ0v) is 15.3. The van der Waals surface area contributed by atoms with Crippen molar-refractivity contribution in [1.29, 1.82) is 5.41 Å². The topological polar surface area (TPSA) is 68.3 Å². The highest BCUT2D eigenvalue weighted by atomic mass is 35.5. The number of ether oxygens (including phenoxy) is 2. The molecule has 128 valence electrons. The van der Waals surface area contributed by atoms with Crippen molar-refractivity contribution in [3.8, 4) is 22.6 Å². The molecule has 0 aliphatic heterocycles. The number of nitrogens with two attached hydrogens (primary N) is 1. The SMILES string of the molecule is CCCc1c(OC)cc(OC)c(Cl)c1-c1ccc(C(C)=N)c(N)c1. The van der Waals surface area contributed by atoms with Crippen LogP contribution in [0.1, 0.15) is 31.4 Å². The lowest BCUT2D eigenvalue weighted by Gasteiger charge is -2.19. The van der Waals surface area contributed by atoms with Gasteiger partial charge in [-0.25, -0.2) is 0 Å². The van der Waals surface area contributed by atoms with Crippen molar-refractivity contribution >= 4 is 23.0 Å². The summed E-state index contributed by atoms with van der Waals surface area (Å²) in [5.74, 6) is 1.31. The fourth-order valence-corrected chi connectivity index (χ4v) is 3.19. The fourth-order valence-electron chi connectivity index (χ4n) is 2.84. The Morgan fingerprint density at radius 1 is 1.17 bits per heavy atom. The Hall–Kier alpha value is -2.20. The first kappa shape index (κ1) is 18.1. The minimum Gasteiger partial charge on any atom is -0.496 e. The Balaban J connectivity index is 2.76. The van der Waals surface area contributed by atoms with Gasteiger partial charge in [0.05, 0.1) is 19.2 Å². The van der Waals surface area contributed by atoms with Crippen molar-refractivity contribution < 1.29 is 9.47 Å². The number of benzene rings is 2.